The molecule has 0 radical (unpaired) electrons. The molecule has 2 amide bonds. The summed E-state index contributed by atoms with van der Waals surface area (Å²) in [7, 11) is 1.56. The van der Waals surface area contributed by atoms with Crippen LogP contribution in [0.1, 0.15) is 12.8 Å². The van der Waals surface area contributed by atoms with Crippen LogP contribution in [-0.4, -0.2) is 46.7 Å². The maximum Gasteiger partial charge on any atom is 0.267 e. The van der Waals surface area contributed by atoms with Gasteiger partial charge in [0.1, 0.15) is 12.3 Å². The maximum atomic E-state index is 12.6. The Balaban J connectivity index is 1.76. The number of para-hydroxylation sites is 1. The number of methoxy groups -OCH3 is 1. The molecule has 1 saturated heterocycles. The summed E-state index contributed by atoms with van der Waals surface area (Å²) in [5.41, 5.74) is 6.25. The molecule has 0 spiro atoms. The van der Waals surface area contributed by atoms with Gasteiger partial charge in [-0.2, -0.15) is 5.10 Å². The summed E-state index contributed by atoms with van der Waals surface area (Å²) in [4.78, 5) is 37.6. The average Bonchev–Trinajstić information content (AvgIpc) is 2.69. The molecule has 0 atom stereocenters. The summed E-state index contributed by atoms with van der Waals surface area (Å²) in [6.07, 6.45) is 1.09. The molecule has 1 aliphatic rings. The van der Waals surface area contributed by atoms with Crippen molar-refractivity contribution in [3.05, 3.63) is 46.8 Å². The van der Waals surface area contributed by atoms with Gasteiger partial charge in [0.15, 0.2) is 0 Å². The minimum atomic E-state index is -0.353. The minimum absolute atomic E-state index is 0.150. The number of hydrogen-bond donors (Lipinski definition) is 1. The molecule has 1 fully saturated rings. The lowest BCUT2D eigenvalue weighted by Gasteiger charge is -2.30. The van der Waals surface area contributed by atoms with E-state index in [0.29, 0.717) is 37.4 Å². The van der Waals surface area contributed by atoms with Gasteiger partial charge in [-0.15, -0.1) is 0 Å². The molecule has 1 aromatic carbocycles. The van der Waals surface area contributed by atoms with E-state index >= 15 is 0 Å². The van der Waals surface area contributed by atoms with Crippen LogP contribution in [0.25, 0.3) is 11.3 Å². The number of carbonyl (C=O) groups is 2. The van der Waals surface area contributed by atoms with Gasteiger partial charge < -0.3 is 15.4 Å². The Bertz CT molecular complexity index is 901. The van der Waals surface area contributed by atoms with Crippen molar-refractivity contribution in [1.29, 1.82) is 0 Å². The smallest absolute Gasteiger partial charge is 0.267 e. The summed E-state index contributed by atoms with van der Waals surface area (Å²) >= 11 is 0. The van der Waals surface area contributed by atoms with Crippen molar-refractivity contribution >= 4 is 11.8 Å². The first-order valence-electron chi connectivity index (χ1n) is 8.78. The lowest BCUT2D eigenvalue weighted by Crippen LogP contribution is -2.44. The third kappa shape index (κ3) is 4.16. The van der Waals surface area contributed by atoms with Gasteiger partial charge in [-0.3, -0.25) is 14.4 Å². The molecule has 2 aromatic rings. The Morgan fingerprint density at radius 1 is 1.19 bits per heavy atom. The molecular weight excluding hydrogens is 348 g/mol. The number of hydrogen-bond acceptors (Lipinski definition) is 5. The SMILES string of the molecule is COc1ccccc1-c1ccc(=O)n(CC(=O)N2CCC(C(N)=O)CC2)n1. The molecule has 2 N–H and O–H groups in total. The van der Waals surface area contributed by atoms with Crippen molar-refractivity contribution in [3.8, 4) is 17.0 Å². The molecule has 2 heterocycles. The molecule has 142 valence electrons. The molecule has 1 aliphatic heterocycles. The van der Waals surface area contributed by atoms with Crippen LogP contribution in [-0.2, 0) is 16.1 Å². The van der Waals surface area contributed by atoms with Crippen LogP contribution in [0.3, 0.4) is 0 Å². The molecular formula is C19H22N4O4. The number of ether oxygens (including phenoxy) is 1. The molecule has 0 bridgehead atoms. The lowest BCUT2D eigenvalue weighted by atomic mass is 9.96. The normalized spacial score (nSPS) is 14.8. The van der Waals surface area contributed by atoms with Crippen LogP contribution >= 0.6 is 0 Å². The van der Waals surface area contributed by atoms with E-state index < -0.39 is 0 Å². The Morgan fingerprint density at radius 3 is 2.56 bits per heavy atom. The van der Waals surface area contributed by atoms with E-state index in [1.165, 1.54) is 6.07 Å². The van der Waals surface area contributed by atoms with E-state index in [0.717, 1.165) is 10.2 Å². The van der Waals surface area contributed by atoms with Gasteiger partial charge in [0, 0.05) is 30.6 Å². The van der Waals surface area contributed by atoms with E-state index in [2.05, 4.69) is 5.10 Å². The second-order valence-electron chi connectivity index (χ2n) is 6.47. The fourth-order valence-corrected chi connectivity index (χ4v) is 3.20. The third-order valence-corrected chi connectivity index (χ3v) is 4.78. The van der Waals surface area contributed by atoms with Gasteiger partial charge in [-0.1, -0.05) is 12.1 Å². The van der Waals surface area contributed by atoms with Crippen molar-refractivity contribution in [2.45, 2.75) is 19.4 Å². The lowest BCUT2D eigenvalue weighted by molar-refractivity contribution is -0.135. The molecule has 0 unspecified atom stereocenters. The predicted octanol–water partition coefficient (Wildman–Crippen LogP) is 0.643. The molecule has 3 rings (SSSR count). The molecule has 8 nitrogen and oxygen atoms in total. The van der Waals surface area contributed by atoms with Crippen LogP contribution < -0.4 is 16.0 Å². The highest BCUT2D eigenvalue weighted by atomic mass is 16.5. The molecule has 8 heteroatoms. The number of primary amides is 1. The van der Waals surface area contributed by atoms with Crippen LogP contribution in [0.15, 0.2) is 41.2 Å². The number of likely N-dealkylation sites (tertiary alicyclic amines) is 1. The minimum Gasteiger partial charge on any atom is -0.496 e. The van der Waals surface area contributed by atoms with E-state index in [-0.39, 0.29) is 29.8 Å². The number of rotatable bonds is 5. The Kier molecular flexibility index (Phi) is 5.54. The van der Waals surface area contributed by atoms with Crippen molar-refractivity contribution in [3.63, 3.8) is 0 Å². The van der Waals surface area contributed by atoms with E-state index in [9.17, 15) is 14.4 Å². The fraction of sp³-hybridized carbons (Fsp3) is 0.368. The van der Waals surface area contributed by atoms with Gasteiger partial charge in [0.25, 0.3) is 5.56 Å². The molecule has 0 saturated carbocycles. The van der Waals surface area contributed by atoms with E-state index in [1.807, 2.05) is 18.2 Å². The number of piperidine rings is 1. The van der Waals surface area contributed by atoms with E-state index in [1.54, 1.807) is 24.1 Å². The highest BCUT2D eigenvalue weighted by Crippen LogP contribution is 2.27. The number of carbonyl (C=O) groups excluding carboxylic acids is 2. The summed E-state index contributed by atoms with van der Waals surface area (Å²) in [6, 6.07) is 10.3. The zero-order valence-electron chi connectivity index (χ0n) is 15.1. The topological polar surface area (TPSA) is 108 Å². The molecule has 27 heavy (non-hydrogen) atoms. The van der Waals surface area contributed by atoms with Gasteiger partial charge in [-0.05, 0) is 31.0 Å². The highest BCUT2D eigenvalue weighted by Gasteiger charge is 2.26. The van der Waals surface area contributed by atoms with Gasteiger partial charge in [0.05, 0.1) is 12.8 Å². The first-order valence-corrected chi connectivity index (χ1v) is 8.78. The number of benzene rings is 1. The second-order valence-corrected chi connectivity index (χ2v) is 6.47. The zero-order valence-corrected chi connectivity index (χ0v) is 15.1. The standard InChI is InChI=1S/C19H22N4O4/c1-27-16-5-3-2-4-14(16)15-6-7-17(24)23(21-15)12-18(25)22-10-8-13(9-11-22)19(20)26/h2-7,13H,8-12H2,1H3,(H2,20,26). The monoisotopic (exact) mass is 370 g/mol. The summed E-state index contributed by atoms with van der Waals surface area (Å²) < 4.78 is 6.49. The van der Waals surface area contributed by atoms with Crippen LogP contribution in [0.4, 0.5) is 0 Å². The largest absolute Gasteiger partial charge is 0.496 e. The summed E-state index contributed by atoms with van der Waals surface area (Å²) in [6.45, 7) is 0.754. The van der Waals surface area contributed by atoms with Gasteiger partial charge in [0.2, 0.25) is 11.8 Å². The summed E-state index contributed by atoms with van der Waals surface area (Å²) in [5.74, 6) is -0.0898. The maximum absolute atomic E-state index is 12.6. The quantitative estimate of drug-likeness (QED) is 0.831. The van der Waals surface area contributed by atoms with E-state index in [4.69, 9.17) is 10.5 Å². The third-order valence-electron chi connectivity index (χ3n) is 4.78. The molecule has 0 aliphatic carbocycles. The average molecular weight is 370 g/mol. The number of amides is 2. The zero-order chi connectivity index (χ0) is 19.4. The number of aromatic nitrogens is 2. The first-order chi connectivity index (χ1) is 13.0. The van der Waals surface area contributed by atoms with Gasteiger partial charge in [-0.25, -0.2) is 4.68 Å². The van der Waals surface area contributed by atoms with Crippen molar-refractivity contribution < 1.29 is 14.3 Å². The Labute approximate surface area is 156 Å². The number of nitrogens with zero attached hydrogens (tertiary/aromatic N) is 3. The van der Waals surface area contributed by atoms with Crippen molar-refractivity contribution in [2.24, 2.45) is 11.7 Å². The van der Waals surface area contributed by atoms with Gasteiger partial charge >= 0.3 is 0 Å². The second kappa shape index (κ2) is 8.03. The summed E-state index contributed by atoms with van der Waals surface area (Å²) in [5, 5.41) is 4.33. The van der Waals surface area contributed by atoms with Crippen molar-refractivity contribution in [2.75, 3.05) is 20.2 Å². The molecule has 1 aromatic heterocycles. The van der Waals surface area contributed by atoms with Crippen LogP contribution in [0, 0.1) is 5.92 Å². The Morgan fingerprint density at radius 2 is 1.89 bits per heavy atom. The Hall–Kier alpha value is -3.16. The highest BCUT2D eigenvalue weighted by molar-refractivity contribution is 5.78. The van der Waals surface area contributed by atoms with Crippen LogP contribution in [0.2, 0.25) is 0 Å². The van der Waals surface area contributed by atoms with Crippen LogP contribution in [0.5, 0.6) is 5.75 Å². The predicted molar refractivity (Wildman–Crippen MR) is 99.0 cm³/mol. The van der Waals surface area contributed by atoms with Crippen molar-refractivity contribution in [1.82, 2.24) is 14.7 Å². The number of nitrogens with two attached hydrogens (primary N) is 1. The fourth-order valence-electron chi connectivity index (χ4n) is 3.20. The first kappa shape index (κ1) is 18.6.